The fourth-order valence-corrected chi connectivity index (χ4v) is 4.11. The Balaban J connectivity index is 1.20. The van der Waals surface area contributed by atoms with Crippen molar-refractivity contribution in [3.63, 3.8) is 0 Å². The number of aromatic nitrogens is 3. The minimum Gasteiger partial charge on any atom is -0.444 e. The summed E-state index contributed by atoms with van der Waals surface area (Å²) >= 11 is 0. The Kier molecular flexibility index (Phi) is 8.97. The van der Waals surface area contributed by atoms with Gasteiger partial charge in [0.1, 0.15) is 18.0 Å². The fourth-order valence-electron chi connectivity index (χ4n) is 4.11. The highest BCUT2D eigenvalue weighted by Gasteiger charge is 2.32. The van der Waals surface area contributed by atoms with Crippen LogP contribution in [0, 0.1) is 5.82 Å². The number of alkyl carbamates (subject to hydrolysis) is 1. The summed E-state index contributed by atoms with van der Waals surface area (Å²) in [6.07, 6.45) is 5.70. The van der Waals surface area contributed by atoms with E-state index in [-0.39, 0.29) is 30.2 Å². The van der Waals surface area contributed by atoms with Gasteiger partial charge in [0.05, 0.1) is 29.7 Å². The number of ether oxygens (including phenoxy) is 1. The van der Waals surface area contributed by atoms with Gasteiger partial charge >= 0.3 is 6.09 Å². The highest BCUT2D eigenvalue weighted by atomic mass is 19.1. The summed E-state index contributed by atoms with van der Waals surface area (Å²) in [5, 5.41) is 9.59. The van der Waals surface area contributed by atoms with Gasteiger partial charge < -0.3 is 25.7 Å². The largest absolute Gasteiger partial charge is 0.444 e. The van der Waals surface area contributed by atoms with Crippen LogP contribution in [0.5, 0.6) is 0 Å². The number of carbonyl (C=O) groups is 3. The second kappa shape index (κ2) is 12.6. The highest BCUT2D eigenvalue weighted by molar-refractivity contribution is 5.94. The van der Waals surface area contributed by atoms with Crippen molar-refractivity contribution in [2.24, 2.45) is 0 Å². The number of benzene rings is 1. The number of nitrogens with zero attached hydrogens (tertiary/aromatic N) is 4. The average Bonchev–Trinajstić information content (AvgIpc) is 3.35. The maximum atomic E-state index is 13.3. The van der Waals surface area contributed by atoms with Gasteiger partial charge in [0.25, 0.3) is 5.91 Å². The lowest BCUT2D eigenvalue weighted by Gasteiger charge is -2.41. The molecule has 0 spiro atoms. The molecule has 40 heavy (non-hydrogen) atoms. The van der Waals surface area contributed by atoms with Crippen molar-refractivity contribution >= 4 is 17.9 Å². The molecule has 1 fully saturated rings. The Bertz CT molecular complexity index is 1340. The number of amides is 3. The normalized spacial score (nSPS) is 14.7. The molecule has 0 bridgehead atoms. The van der Waals surface area contributed by atoms with E-state index >= 15 is 0 Å². The molecule has 0 saturated carbocycles. The lowest BCUT2D eigenvalue weighted by atomic mass is 10.0. The zero-order valence-corrected chi connectivity index (χ0v) is 22.8. The van der Waals surface area contributed by atoms with E-state index in [0.29, 0.717) is 37.3 Å². The van der Waals surface area contributed by atoms with E-state index < -0.39 is 11.7 Å². The quantitative estimate of drug-likeness (QED) is 0.353. The van der Waals surface area contributed by atoms with Crippen molar-refractivity contribution in [3.8, 4) is 11.3 Å². The van der Waals surface area contributed by atoms with E-state index in [4.69, 9.17) is 4.74 Å². The summed E-state index contributed by atoms with van der Waals surface area (Å²) in [4.78, 5) is 44.5. The summed E-state index contributed by atoms with van der Waals surface area (Å²) in [7, 11) is 0. The SMILES string of the molecule is CC(C)(C)OC(=O)NCC(=O)N1CC[C@@H]1CNC(=O)c1ccc(-c2cnn(NCCc3cccc(F)c3)c2)nc1. The van der Waals surface area contributed by atoms with Crippen LogP contribution in [-0.4, -0.2) is 75.5 Å². The molecule has 11 nitrogen and oxygen atoms in total. The Labute approximate surface area is 232 Å². The number of carbonyl (C=O) groups excluding carboxylic acids is 3. The van der Waals surface area contributed by atoms with Gasteiger partial charge in [0.2, 0.25) is 5.91 Å². The van der Waals surface area contributed by atoms with Gasteiger partial charge in [-0.3, -0.25) is 14.6 Å². The van der Waals surface area contributed by atoms with Gasteiger partial charge in [-0.15, -0.1) is 0 Å². The predicted octanol–water partition coefficient (Wildman–Crippen LogP) is 2.73. The van der Waals surface area contributed by atoms with E-state index in [1.54, 1.807) is 61.1 Å². The monoisotopic (exact) mass is 551 g/mol. The molecule has 3 heterocycles. The van der Waals surface area contributed by atoms with Crippen LogP contribution in [0.3, 0.4) is 0 Å². The van der Waals surface area contributed by atoms with Crippen molar-refractivity contribution in [3.05, 3.63) is 71.9 Å². The van der Waals surface area contributed by atoms with Gasteiger partial charge in [0, 0.05) is 31.4 Å². The van der Waals surface area contributed by atoms with E-state index in [2.05, 4.69) is 26.1 Å². The molecule has 1 atom stereocenters. The van der Waals surface area contributed by atoms with E-state index in [9.17, 15) is 18.8 Å². The summed E-state index contributed by atoms with van der Waals surface area (Å²) < 4.78 is 18.5. The summed E-state index contributed by atoms with van der Waals surface area (Å²) in [5.41, 5.74) is 5.21. The first kappa shape index (κ1) is 28.5. The van der Waals surface area contributed by atoms with Crippen LogP contribution in [0.4, 0.5) is 9.18 Å². The van der Waals surface area contributed by atoms with Gasteiger partial charge in [-0.05, 0) is 63.4 Å². The number of halogens is 1. The molecule has 3 amide bonds. The van der Waals surface area contributed by atoms with E-state index in [1.807, 2.05) is 6.07 Å². The summed E-state index contributed by atoms with van der Waals surface area (Å²) in [5.74, 6) is -0.779. The maximum Gasteiger partial charge on any atom is 0.408 e. The van der Waals surface area contributed by atoms with E-state index in [0.717, 1.165) is 17.5 Å². The number of pyridine rings is 1. The van der Waals surface area contributed by atoms with Crippen LogP contribution in [0.2, 0.25) is 0 Å². The van der Waals surface area contributed by atoms with Crippen molar-refractivity contribution in [2.75, 3.05) is 31.6 Å². The Hall–Kier alpha value is -4.48. The van der Waals surface area contributed by atoms with Crippen LogP contribution >= 0.6 is 0 Å². The molecular weight excluding hydrogens is 517 g/mol. The third-order valence-electron chi connectivity index (χ3n) is 6.23. The Morgan fingerprint density at radius 1 is 1.12 bits per heavy atom. The zero-order chi connectivity index (χ0) is 28.7. The molecule has 4 rings (SSSR count). The lowest BCUT2D eigenvalue weighted by Crippen LogP contribution is -2.58. The molecule has 12 heteroatoms. The first-order valence-electron chi connectivity index (χ1n) is 13.1. The lowest BCUT2D eigenvalue weighted by molar-refractivity contribution is -0.137. The third-order valence-corrected chi connectivity index (χ3v) is 6.23. The fraction of sp³-hybridized carbons (Fsp3) is 0.393. The molecular formula is C28H34FN7O4. The minimum atomic E-state index is -0.647. The third kappa shape index (κ3) is 8.01. The van der Waals surface area contributed by atoms with Gasteiger partial charge in [-0.1, -0.05) is 12.1 Å². The average molecular weight is 552 g/mol. The number of hydrogen-bond donors (Lipinski definition) is 3. The van der Waals surface area contributed by atoms with Crippen molar-refractivity contribution < 1.29 is 23.5 Å². The van der Waals surface area contributed by atoms with Gasteiger partial charge in [-0.25, -0.2) is 9.18 Å². The topological polar surface area (TPSA) is 130 Å². The van der Waals surface area contributed by atoms with Crippen molar-refractivity contribution in [2.45, 2.75) is 45.3 Å². The molecule has 1 saturated heterocycles. The Morgan fingerprint density at radius 2 is 1.95 bits per heavy atom. The van der Waals surface area contributed by atoms with E-state index in [1.165, 1.54) is 18.3 Å². The molecule has 1 aliphatic heterocycles. The molecule has 3 aromatic rings. The molecule has 0 radical (unpaired) electrons. The first-order valence-corrected chi connectivity index (χ1v) is 13.1. The number of rotatable bonds is 10. The molecule has 1 aromatic carbocycles. The molecule has 2 aromatic heterocycles. The molecule has 3 N–H and O–H groups in total. The van der Waals surface area contributed by atoms with Crippen molar-refractivity contribution in [1.29, 1.82) is 0 Å². The standard InChI is InChI=1S/C28H34FN7O4/c1-28(2,3)40-27(39)32-17-25(37)35-12-10-23(35)16-31-26(38)20-7-8-24(30-14-20)21-15-34-36(18-21)33-11-9-19-5-4-6-22(29)13-19/h4-8,13-15,18,23,33H,9-12,16-17H2,1-3H3,(H,31,38)(H,32,39)/t23-/m1/s1. The van der Waals surface area contributed by atoms with Crippen LogP contribution in [0.15, 0.2) is 55.0 Å². The minimum absolute atomic E-state index is 0.136. The molecule has 0 aliphatic carbocycles. The van der Waals surface area contributed by atoms with Crippen LogP contribution in [0.25, 0.3) is 11.3 Å². The summed E-state index contributed by atoms with van der Waals surface area (Å²) in [6.45, 7) is 6.52. The highest BCUT2D eigenvalue weighted by Crippen LogP contribution is 2.18. The first-order chi connectivity index (χ1) is 19.1. The zero-order valence-electron chi connectivity index (χ0n) is 22.8. The molecule has 212 valence electrons. The van der Waals surface area contributed by atoms with Crippen molar-refractivity contribution in [1.82, 2.24) is 30.4 Å². The van der Waals surface area contributed by atoms with Crippen LogP contribution in [-0.2, 0) is 16.0 Å². The predicted molar refractivity (Wildman–Crippen MR) is 146 cm³/mol. The number of hydrogen-bond acceptors (Lipinski definition) is 7. The number of nitrogens with one attached hydrogen (secondary N) is 3. The summed E-state index contributed by atoms with van der Waals surface area (Å²) in [6, 6.07) is 9.76. The maximum absolute atomic E-state index is 13.3. The van der Waals surface area contributed by atoms with Crippen LogP contribution in [0.1, 0.15) is 43.1 Å². The second-order valence-electron chi connectivity index (χ2n) is 10.5. The van der Waals surface area contributed by atoms with Gasteiger partial charge in [0.15, 0.2) is 0 Å². The van der Waals surface area contributed by atoms with Gasteiger partial charge in [-0.2, -0.15) is 9.89 Å². The molecule has 0 unspecified atom stereocenters. The molecule has 1 aliphatic rings. The number of likely N-dealkylation sites (tertiary alicyclic amines) is 1. The van der Waals surface area contributed by atoms with Crippen LogP contribution < -0.4 is 16.1 Å². The smallest absolute Gasteiger partial charge is 0.408 e. The Morgan fingerprint density at radius 3 is 2.62 bits per heavy atom. The second-order valence-corrected chi connectivity index (χ2v) is 10.5.